The first-order valence-corrected chi connectivity index (χ1v) is 6.66. The van der Waals surface area contributed by atoms with E-state index in [4.69, 9.17) is 16.7 Å². The number of nitrogens with zero attached hydrogens (tertiary/aromatic N) is 1. The molecule has 1 aliphatic rings. The maximum Gasteiger partial charge on any atom is 0.341 e. The quantitative estimate of drug-likeness (QED) is 0.924. The van der Waals surface area contributed by atoms with Crippen LogP contribution in [0.2, 0.25) is 5.02 Å². The van der Waals surface area contributed by atoms with Gasteiger partial charge in [0.1, 0.15) is 23.1 Å². The Morgan fingerprint density at radius 2 is 2.14 bits per heavy atom. The summed E-state index contributed by atoms with van der Waals surface area (Å²) >= 11 is 5.15. The molecule has 0 radical (unpaired) electrons. The first-order valence-electron chi connectivity index (χ1n) is 6.25. The van der Waals surface area contributed by atoms with Gasteiger partial charge in [-0.1, -0.05) is 0 Å². The maximum atomic E-state index is 13.8. The minimum Gasteiger partial charge on any atom is -0.477 e. The smallest absolute Gasteiger partial charge is 0.341 e. The molecule has 0 saturated heterocycles. The lowest BCUT2D eigenvalue weighted by Crippen LogP contribution is -2.20. The van der Waals surface area contributed by atoms with Crippen molar-refractivity contribution in [2.24, 2.45) is 0 Å². The highest BCUT2D eigenvalue weighted by molar-refractivity contribution is 5.93. The van der Waals surface area contributed by atoms with Crippen molar-refractivity contribution in [2.45, 2.75) is 25.6 Å². The van der Waals surface area contributed by atoms with E-state index in [9.17, 15) is 18.4 Å². The zero-order valence-corrected chi connectivity index (χ0v) is 11.7. The van der Waals surface area contributed by atoms with Gasteiger partial charge in [-0.2, -0.15) is 0 Å². The topological polar surface area (TPSA) is 59.3 Å². The molecule has 4 nitrogen and oxygen atoms in total. The lowest BCUT2D eigenvalue weighted by Gasteiger charge is -2.11. The lowest BCUT2D eigenvalue weighted by molar-refractivity contribution is -0.287. The van der Waals surface area contributed by atoms with Gasteiger partial charge in [0.15, 0.2) is 11.6 Å². The van der Waals surface area contributed by atoms with Gasteiger partial charge in [0.25, 0.3) is 5.02 Å². The number of aromatic nitrogens is 1. The zero-order valence-electron chi connectivity index (χ0n) is 10.9. The van der Waals surface area contributed by atoms with Gasteiger partial charge in [0, 0.05) is 12.6 Å². The highest BCUT2D eigenvalue weighted by Crippen LogP contribution is 2.41. The molecule has 1 aliphatic carbocycles. The van der Waals surface area contributed by atoms with Crippen LogP contribution in [-0.4, -0.2) is 21.8 Å². The Hall–Kier alpha value is -1.95. The average Bonchev–Trinajstić information content (AvgIpc) is 3.14. The van der Waals surface area contributed by atoms with Crippen molar-refractivity contribution in [3.8, 4) is 0 Å². The second-order valence-corrected chi connectivity index (χ2v) is 5.52. The van der Waals surface area contributed by atoms with Gasteiger partial charge in [-0.3, -0.25) is 4.79 Å². The fraction of sp³-hybridized carbons (Fsp3) is 0.286. The Labute approximate surface area is 122 Å². The van der Waals surface area contributed by atoms with Crippen LogP contribution in [0, 0.1) is 24.3 Å². The molecular formula is C14H11ClF2NO3+. The number of alkyl halides is 1. The van der Waals surface area contributed by atoms with Crippen LogP contribution in [0.4, 0.5) is 8.78 Å². The van der Waals surface area contributed by atoms with Crippen LogP contribution in [0.15, 0.2) is 17.1 Å². The fourth-order valence-corrected chi connectivity index (χ4v) is 2.72. The van der Waals surface area contributed by atoms with Gasteiger partial charge in [0.2, 0.25) is 5.43 Å². The molecule has 110 valence electrons. The number of carbonyl (C=O) groups is 1. The summed E-state index contributed by atoms with van der Waals surface area (Å²) in [4.78, 5) is 23.3. The molecule has 1 saturated carbocycles. The molecule has 0 amide bonds. The first kappa shape index (κ1) is 14.0. The van der Waals surface area contributed by atoms with E-state index in [0.717, 1.165) is 12.3 Å². The molecule has 1 aromatic heterocycles. The van der Waals surface area contributed by atoms with Crippen molar-refractivity contribution < 1.29 is 30.3 Å². The number of hydrogen-bond acceptors (Lipinski definition) is 2. The Kier molecular flexibility index (Phi) is 3.02. The Bertz CT molecular complexity index is 846. The number of fused-ring (bicyclic) bond motifs is 1. The monoisotopic (exact) mass is 314 g/mol. The molecule has 7 heteroatoms. The van der Waals surface area contributed by atoms with E-state index in [0.29, 0.717) is 0 Å². The van der Waals surface area contributed by atoms with E-state index < -0.39 is 35.0 Å². The van der Waals surface area contributed by atoms with Crippen LogP contribution in [0.1, 0.15) is 28.4 Å². The second-order valence-electron chi connectivity index (χ2n) is 5.11. The standard InChI is InChI=1S/C14H10ClF2NO3/c1-5-8(16)2-6-12(11(5)15)18(10-3-9(10)17)4-7(13(6)19)14(20)21/h2,4,9-10,15H,3H2,1H3/p+1/t9-,10+/m0/s1. The third kappa shape index (κ3) is 2.01. The SMILES string of the molecule is Cc1c(F)cc2c(=O)c(C(=O)O)cn([C@@H]3C[C@@H]3F)c2c1[ClH+]. The highest BCUT2D eigenvalue weighted by Gasteiger charge is 2.41. The minimum atomic E-state index is -1.43. The number of carboxylic acid groups (broad SMARTS) is 1. The summed E-state index contributed by atoms with van der Waals surface area (Å²) in [6.45, 7) is 1.47. The van der Waals surface area contributed by atoms with Gasteiger partial charge < -0.3 is 9.67 Å². The van der Waals surface area contributed by atoms with Gasteiger partial charge >= 0.3 is 5.97 Å². The normalized spacial score (nSPS) is 20.8. The summed E-state index contributed by atoms with van der Waals surface area (Å²) in [7, 11) is 0. The Morgan fingerprint density at radius 3 is 2.67 bits per heavy atom. The van der Waals surface area contributed by atoms with Gasteiger partial charge in [0.05, 0.1) is 17.0 Å². The first-order chi connectivity index (χ1) is 9.82. The molecule has 1 heterocycles. The average molecular weight is 315 g/mol. The summed E-state index contributed by atoms with van der Waals surface area (Å²) in [5, 5.41) is 9.07. The number of carboxylic acids is 1. The number of pyridine rings is 1. The molecule has 21 heavy (non-hydrogen) atoms. The van der Waals surface area contributed by atoms with Crippen LogP contribution in [0.5, 0.6) is 0 Å². The third-order valence-corrected chi connectivity index (χ3v) is 4.22. The highest BCUT2D eigenvalue weighted by atomic mass is 35.5. The molecule has 2 atom stereocenters. The van der Waals surface area contributed by atoms with E-state index in [1.807, 2.05) is 0 Å². The summed E-state index contributed by atoms with van der Waals surface area (Å²) in [6.07, 6.45) is 0.212. The molecule has 0 bridgehead atoms. The largest absolute Gasteiger partial charge is 0.477 e. The van der Waals surface area contributed by atoms with Crippen LogP contribution in [-0.2, 0) is 0 Å². The van der Waals surface area contributed by atoms with Gasteiger partial charge in [-0.05, 0) is 13.0 Å². The van der Waals surface area contributed by atoms with Crippen molar-refractivity contribution in [3.05, 3.63) is 44.5 Å². The molecule has 1 N–H and O–H groups in total. The summed E-state index contributed by atoms with van der Waals surface area (Å²) in [5.41, 5.74) is -0.914. The van der Waals surface area contributed by atoms with Crippen LogP contribution in [0.3, 0.4) is 0 Å². The Morgan fingerprint density at radius 1 is 1.52 bits per heavy atom. The summed E-state index contributed by atoms with van der Waals surface area (Å²) < 4.78 is 28.6. The molecule has 0 spiro atoms. The number of halogens is 3. The number of rotatable bonds is 2. The molecular weight excluding hydrogens is 304 g/mol. The van der Waals surface area contributed by atoms with E-state index in [2.05, 4.69) is 0 Å². The maximum absolute atomic E-state index is 13.8. The molecule has 0 unspecified atom stereocenters. The van der Waals surface area contributed by atoms with Gasteiger partial charge in [-0.15, -0.1) is 0 Å². The molecule has 0 aliphatic heterocycles. The fourth-order valence-electron chi connectivity index (χ4n) is 2.40. The Balaban J connectivity index is 2.49. The van der Waals surface area contributed by atoms with E-state index in [1.165, 1.54) is 11.5 Å². The van der Waals surface area contributed by atoms with E-state index in [1.54, 1.807) is 0 Å². The summed E-state index contributed by atoms with van der Waals surface area (Å²) in [6, 6.07) is 0.416. The molecule has 3 rings (SSSR count). The van der Waals surface area contributed by atoms with Crippen LogP contribution in [0.25, 0.3) is 10.9 Å². The van der Waals surface area contributed by atoms with Crippen molar-refractivity contribution in [3.63, 3.8) is 0 Å². The molecule has 1 fully saturated rings. The summed E-state index contributed by atoms with van der Waals surface area (Å²) in [5.74, 6) is -2.11. The van der Waals surface area contributed by atoms with Crippen LogP contribution >= 0.6 is 0 Å². The van der Waals surface area contributed by atoms with Crippen molar-refractivity contribution in [1.82, 2.24) is 4.57 Å². The second kappa shape index (κ2) is 4.53. The lowest BCUT2D eigenvalue weighted by atomic mass is 10.1. The third-order valence-electron chi connectivity index (χ3n) is 3.72. The molecule has 1 aromatic carbocycles. The predicted octanol–water partition coefficient (Wildman–Crippen LogP) is 2.13. The minimum absolute atomic E-state index is 0.109. The predicted molar refractivity (Wildman–Crippen MR) is 69.0 cm³/mol. The zero-order chi connectivity index (χ0) is 15.5. The van der Waals surface area contributed by atoms with Crippen molar-refractivity contribution >= 4 is 16.9 Å². The number of hydrogen-bond donors (Lipinski definition) is 1. The van der Waals surface area contributed by atoms with E-state index >= 15 is 0 Å². The number of aromatic carboxylic acids is 1. The van der Waals surface area contributed by atoms with E-state index in [-0.39, 0.29) is 27.9 Å². The number of benzene rings is 1. The van der Waals surface area contributed by atoms with Gasteiger partial charge in [-0.25, -0.2) is 13.6 Å². The van der Waals surface area contributed by atoms with Crippen LogP contribution < -0.4 is 5.43 Å². The van der Waals surface area contributed by atoms with Crippen molar-refractivity contribution in [1.29, 1.82) is 0 Å². The van der Waals surface area contributed by atoms with Crippen molar-refractivity contribution in [2.75, 3.05) is 0 Å². The molecule has 2 aromatic rings.